The van der Waals surface area contributed by atoms with Crippen LogP contribution in [0.5, 0.6) is 0 Å². The van der Waals surface area contributed by atoms with E-state index < -0.39 is 0 Å². The topological polar surface area (TPSA) is 44.8 Å². The van der Waals surface area contributed by atoms with Crippen LogP contribution in [-0.4, -0.2) is 67.2 Å². The van der Waals surface area contributed by atoms with Gasteiger partial charge in [0.2, 0.25) is 0 Å². The van der Waals surface area contributed by atoms with Crippen LogP contribution >= 0.6 is 0 Å². The minimum Gasteiger partial charge on any atom is -0.373 e. The first-order chi connectivity index (χ1) is 12.3. The number of rotatable bonds is 5. The fraction of sp³-hybridized carbons (Fsp3) is 0.650. The lowest BCUT2D eigenvalue weighted by Crippen LogP contribution is -2.50. The second-order valence-corrected chi connectivity index (χ2v) is 7.64. The van der Waals surface area contributed by atoms with Crippen LogP contribution in [-0.2, 0) is 11.3 Å². The lowest BCUT2D eigenvalue weighted by atomic mass is 10.1. The van der Waals surface area contributed by atoms with Crippen molar-refractivity contribution >= 4 is 5.91 Å². The van der Waals surface area contributed by atoms with Crippen molar-refractivity contribution in [3.05, 3.63) is 35.4 Å². The molecule has 3 saturated heterocycles. The van der Waals surface area contributed by atoms with Gasteiger partial charge in [-0.15, -0.1) is 0 Å². The van der Waals surface area contributed by atoms with Crippen LogP contribution in [0.2, 0.25) is 0 Å². The summed E-state index contributed by atoms with van der Waals surface area (Å²) in [5.41, 5.74) is 1.98. The molecular weight excluding hydrogens is 314 g/mol. The molecule has 1 aromatic rings. The van der Waals surface area contributed by atoms with E-state index in [-0.39, 0.29) is 12.0 Å². The highest BCUT2D eigenvalue weighted by atomic mass is 16.5. The molecule has 2 atom stereocenters. The summed E-state index contributed by atoms with van der Waals surface area (Å²) in [6, 6.07) is 8.65. The van der Waals surface area contributed by atoms with Crippen molar-refractivity contribution in [2.45, 2.75) is 44.4 Å². The van der Waals surface area contributed by atoms with E-state index in [0.29, 0.717) is 12.6 Å². The van der Waals surface area contributed by atoms with Gasteiger partial charge in [-0.3, -0.25) is 14.6 Å². The number of likely N-dealkylation sites (tertiary alicyclic amines) is 1. The molecule has 3 aliphatic rings. The maximum absolute atomic E-state index is 12.5. The molecule has 1 amide bonds. The highest BCUT2D eigenvalue weighted by Crippen LogP contribution is 2.22. The SMILES string of the molecule is O=C(NC[C@@H]1CN2CCC[C@@H]2CO1)c1cccc(CN2CCCC2)c1. The summed E-state index contributed by atoms with van der Waals surface area (Å²) < 4.78 is 5.93. The first-order valence-electron chi connectivity index (χ1n) is 9.73. The summed E-state index contributed by atoms with van der Waals surface area (Å²) in [7, 11) is 0. The van der Waals surface area contributed by atoms with E-state index in [2.05, 4.69) is 21.2 Å². The van der Waals surface area contributed by atoms with E-state index in [4.69, 9.17) is 4.74 Å². The number of morpholine rings is 1. The van der Waals surface area contributed by atoms with Crippen LogP contribution in [0.4, 0.5) is 0 Å². The molecule has 4 rings (SSSR count). The Morgan fingerprint density at radius 3 is 2.96 bits per heavy atom. The quantitative estimate of drug-likeness (QED) is 0.887. The largest absolute Gasteiger partial charge is 0.373 e. The third kappa shape index (κ3) is 4.22. The van der Waals surface area contributed by atoms with Crippen LogP contribution in [0.15, 0.2) is 24.3 Å². The fourth-order valence-corrected chi connectivity index (χ4v) is 4.33. The summed E-state index contributed by atoms with van der Waals surface area (Å²) in [6.45, 7) is 6.82. The monoisotopic (exact) mass is 343 g/mol. The van der Waals surface area contributed by atoms with Crippen LogP contribution in [0.25, 0.3) is 0 Å². The molecule has 136 valence electrons. The Hall–Kier alpha value is -1.43. The average Bonchev–Trinajstić information content (AvgIpc) is 3.31. The van der Waals surface area contributed by atoms with Crippen molar-refractivity contribution in [2.75, 3.05) is 39.3 Å². The van der Waals surface area contributed by atoms with Gasteiger partial charge in [-0.25, -0.2) is 0 Å². The Morgan fingerprint density at radius 2 is 2.08 bits per heavy atom. The molecule has 0 saturated carbocycles. The van der Waals surface area contributed by atoms with Crippen LogP contribution in [0.1, 0.15) is 41.6 Å². The van der Waals surface area contributed by atoms with Crippen LogP contribution < -0.4 is 5.32 Å². The van der Waals surface area contributed by atoms with Crippen molar-refractivity contribution in [2.24, 2.45) is 0 Å². The Bertz CT molecular complexity index is 600. The number of carbonyl (C=O) groups is 1. The van der Waals surface area contributed by atoms with Gasteiger partial charge in [-0.05, 0) is 63.0 Å². The van der Waals surface area contributed by atoms with Crippen molar-refractivity contribution in [3.8, 4) is 0 Å². The number of ether oxygens (including phenoxy) is 1. The van der Waals surface area contributed by atoms with Gasteiger partial charge in [0.05, 0.1) is 12.7 Å². The number of nitrogens with one attached hydrogen (secondary N) is 1. The summed E-state index contributed by atoms with van der Waals surface area (Å²) in [5, 5.41) is 3.07. The molecule has 0 radical (unpaired) electrons. The van der Waals surface area contributed by atoms with Crippen LogP contribution in [0.3, 0.4) is 0 Å². The number of fused-ring (bicyclic) bond motifs is 1. The smallest absolute Gasteiger partial charge is 0.251 e. The van der Waals surface area contributed by atoms with Gasteiger partial charge in [0.25, 0.3) is 5.91 Å². The van der Waals surface area contributed by atoms with Crippen molar-refractivity contribution in [3.63, 3.8) is 0 Å². The molecule has 3 heterocycles. The summed E-state index contributed by atoms with van der Waals surface area (Å²) in [4.78, 5) is 17.5. The number of hydrogen-bond donors (Lipinski definition) is 1. The molecule has 0 aliphatic carbocycles. The highest BCUT2D eigenvalue weighted by Gasteiger charge is 2.32. The van der Waals surface area contributed by atoms with Gasteiger partial charge in [-0.1, -0.05) is 12.1 Å². The molecule has 5 heteroatoms. The molecule has 0 unspecified atom stereocenters. The number of carbonyl (C=O) groups excluding carboxylic acids is 1. The average molecular weight is 343 g/mol. The predicted molar refractivity (Wildman–Crippen MR) is 97.6 cm³/mol. The molecular formula is C20H29N3O2. The zero-order valence-corrected chi connectivity index (χ0v) is 15.0. The molecule has 25 heavy (non-hydrogen) atoms. The first kappa shape index (κ1) is 17.0. The minimum absolute atomic E-state index is 0.00965. The zero-order valence-electron chi connectivity index (χ0n) is 15.0. The maximum atomic E-state index is 12.5. The Kier molecular flexibility index (Phi) is 5.34. The van der Waals surface area contributed by atoms with E-state index in [0.717, 1.165) is 25.3 Å². The maximum Gasteiger partial charge on any atom is 0.251 e. The van der Waals surface area contributed by atoms with E-state index in [1.54, 1.807) is 0 Å². The fourth-order valence-electron chi connectivity index (χ4n) is 4.33. The second kappa shape index (κ2) is 7.85. The lowest BCUT2D eigenvalue weighted by Gasteiger charge is -2.35. The summed E-state index contributed by atoms with van der Waals surface area (Å²) >= 11 is 0. The zero-order chi connectivity index (χ0) is 17.1. The molecule has 0 aromatic heterocycles. The predicted octanol–water partition coefficient (Wildman–Crippen LogP) is 1.88. The molecule has 0 spiro atoms. The summed E-state index contributed by atoms with van der Waals surface area (Å²) in [6.07, 6.45) is 5.23. The third-order valence-electron chi connectivity index (χ3n) is 5.75. The second-order valence-electron chi connectivity index (χ2n) is 7.64. The molecule has 1 aromatic carbocycles. The molecule has 1 N–H and O–H groups in total. The number of benzene rings is 1. The molecule has 5 nitrogen and oxygen atoms in total. The van der Waals surface area contributed by atoms with Gasteiger partial charge < -0.3 is 10.1 Å². The van der Waals surface area contributed by atoms with E-state index in [1.165, 1.54) is 50.9 Å². The number of amides is 1. The Morgan fingerprint density at radius 1 is 1.20 bits per heavy atom. The molecule has 3 aliphatic heterocycles. The number of nitrogens with zero attached hydrogens (tertiary/aromatic N) is 2. The minimum atomic E-state index is 0.00965. The number of hydrogen-bond acceptors (Lipinski definition) is 4. The Labute approximate surface area is 150 Å². The van der Waals surface area contributed by atoms with Crippen LogP contribution in [0, 0.1) is 0 Å². The van der Waals surface area contributed by atoms with Crippen molar-refractivity contribution in [1.82, 2.24) is 15.1 Å². The normalized spacial score (nSPS) is 27.4. The van der Waals surface area contributed by atoms with Gasteiger partial charge in [-0.2, -0.15) is 0 Å². The van der Waals surface area contributed by atoms with E-state index in [1.807, 2.05) is 18.2 Å². The van der Waals surface area contributed by atoms with Gasteiger partial charge in [0.15, 0.2) is 0 Å². The van der Waals surface area contributed by atoms with E-state index in [9.17, 15) is 4.79 Å². The van der Waals surface area contributed by atoms with Gasteiger partial charge >= 0.3 is 0 Å². The first-order valence-corrected chi connectivity index (χ1v) is 9.73. The lowest BCUT2D eigenvalue weighted by molar-refractivity contribution is -0.0461. The van der Waals surface area contributed by atoms with E-state index >= 15 is 0 Å². The van der Waals surface area contributed by atoms with Crippen molar-refractivity contribution < 1.29 is 9.53 Å². The Balaban J connectivity index is 1.28. The summed E-state index contributed by atoms with van der Waals surface area (Å²) in [5.74, 6) is 0.00965. The standard InChI is InChI=1S/C20H29N3O2/c24-20(21-12-19-14-23-10-4-7-18(23)15-25-19)17-6-3-5-16(11-17)13-22-8-1-2-9-22/h3,5-6,11,18-19H,1-2,4,7-10,12-15H2,(H,21,24)/t18-,19-/m1/s1. The highest BCUT2D eigenvalue weighted by molar-refractivity contribution is 5.94. The third-order valence-corrected chi connectivity index (χ3v) is 5.75. The molecule has 3 fully saturated rings. The van der Waals surface area contributed by atoms with Gasteiger partial charge in [0, 0.05) is 31.2 Å². The molecule has 0 bridgehead atoms. The van der Waals surface area contributed by atoms with Crippen molar-refractivity contribution in [1.29, 1.82) is 0 Å². The van der Waals surface area contributed by atoms with Gasteiger partial charge in [0.1, 0.15) is 0 Å².